The van der Waals surface area contributed by atoms with Crippen molar-refractivity contribution in [2.75, 3.05) is 0 Å². The van der Waals surface area contributed by atoms with Crippen molar-refractivity contribution in [2.24, 2.45) is 11.3 Å². The number of carbonyl (C=O) groups is 1. The molecular formula is C13H16O. The first-order valence-electron chi connectivity index (χ1n) is 5.18. The average molecular weight is 188 g/mol. The Kier molecular flexibility index (Phi) is 2.18. The van der Waals surface area contributed by atoms with Crippen LogP contribution in [-0.4, -0.2) is 6.29 Å². The fourth-order valence-electron chi connectivity index (χ4n) is 2.29. The Balaban J connectivity index is 2.12. The number of rotatable bonds is 3. The number of aldehydes is 1. The first-order valence-corrected chi connectivity index (χ1v) is 5.18. The Bertz CT molecular complexity index is 330. The van der Waals surface area contributed by atoms with Crippen molar-refractivity contribution in [3.8, 4) is 0 Å². The van der Waals surface area contributed by atoms with Crippen LogP contribution >= 0.6 is 0 Å². The average Bonchev–Trinajstić information content (AvgIpc) is 2.92. The van der Waals surface area contributed by atoms with Crippen LogP contribution < -0.4 is 0 Å². The molecule has 1 nitrogen and oxygen atoms in total. The van der Waals surface area contributed by atoms with Gasteiger partial charge in [0.15, 0.2) is 0 Å². The van der Waals surface area contributed by atoms with E-state index >= 15 is 0 Å². The topological polar surface area (TPSA) is 17.1 Å². The van der Waals surface area contributed by atoms with Crippen LogP contribution in [0.1, 0.15) is 31.7 Å². The van der Waals surface area contributed by atoms with Crippen molar-refractivity contribution in [3.63, 3.8) is 0 Å². The van der Waals surface area contributed by atoms with Crippen molar-refractivity contribution in [3.05, 3.63) is 35.9 Å². The summed E-state index contributed by atoms with van der Waals surface area (Å²) < 4.78 is 0. The summed E-state index contributed by atoms with van der Waals surface area (Å²) in [4.78, 5) is 10.8. The molecule has 0 radical (unpaired) electrons. The van der Waals surface area contributed by atoms with Crippen LogP contribution in [0.2, 0.25) is 0 Å². The molecule has 0 N–H and O–H groups in total. The Labute approximate surface area is 85.1 Å². The number of benzene rings is 1. The van der Waals surface area contributed by atoms with Crippen LogP contribution in [-0.2, 0) is 4.79 Å². The van der Waals surface area contributed by atoms with Gasteiger partial charge >= 0.3 is 0 Å². The van der Waals surface area contributed by atoms with E-state index in [2.05, 4.69) is 38.1 Å². The molecule has 0 heterocycles. The van der Waals surface area contributed by atoms with Gasteiger partial charge in [-0.3, -0.25) is 0 Å². The summed E-state index contributed by atoms with van der Waals surface area (Å²) in [5, 5.41) is 0. The zero-order chi connectivity index (χ0) is 10.2. The van der Waals surface area contributed by atoms with E-state index in [1.165, 1.54) is 5.56 Å². The smallest absolute Gasteiger partial charge is 0.126 e. The van der Waals surface area contributed by atoms with Gasteiger partial charge in [0.2, 0.25) is 0 Å². The largest absolute Gasteiger partial charge is 0.303 e. The van der Waals surface area contributed by atoms with E-state index in [0.717, 1.165) is 12.7 Å². The molecule has 1 aromatic carbocycles. The molecule has 1 fully saturated rings. The lowest BCUT2D eigenvalue weighted by atomic mass is 9.92. The Morgan fingerprint density at radius 1 is 1.43 bits per heavy atom. The standard InChI is InChI=1S/C13H16O/c1-10(11-6-4-3-5-7-11)12-8-13(12,2)9-14/h3-7,9-10,12H,8H2,1-2H3/t10-,12?,13?/m0/s1. The molecule has 0 saturated heterocycles. The highest BCUT2D eigenvalue weighted by molar-refractivity contribution is 5.64. The van der Waals surface area contributed by atoms with Crippen LogP contribution in [0.4, 0.5) is 0 Å². The molecule has 0 aliphatic heterocycles. The van der Waals surface area contributed by atoms with E-state index in [4.69, 9.17) is 0 Å². The zero-order valence-electron chi connectivity index (χ0n) is 8.73. The summed E-state index contributed by atoms with van der Waals surface area (Å²) in [5.74, 6) is 1.05. The van der Waals surface area contributed by atoms with E-state index in [1.54, 1.807) is 0 Å². The molecule has 2 unspecified atom stereocenters. The van der Waals surface area contributed by atoms with Crippen molar-refractivity contribution >= 4 is 6.29 Å². The monoisotopic (exact) mass is 188 g/mol. The molecule has 74 valence electrons. The molecule has 0 bridgehead atoms. The Hall–Kier alpha value is -1.11. The second kappa shape index (κ2) is 3.23. The number of hydrogen-bond donors (Lipinski definition) is 0. The Morgan fingerprint density at radius 3 is 2.57 bits per heavy atom. The summed E-state index contributed by atoms with van der Waals surface area (Å²) in [6, 6.07) is 10.4. The lowest BCUT2D eigenvalue weighted by molar-refractivity contribution is -0.112. The summed E-state index contributed by atoms with van der Waals surface area (Å²) in [7, 11) is 0. The van der Waals surface area contributed by atoms with E-state index in [0.29, 0.717) is 11.8 Å². The maximum Gasteiger partial charge on any atom is 0.126 e. The van der Waals surface area contributed by atoms with Gasteiger partial charge in [-0.15, -0.1) is 0 Å². The van der Waals surface area contributed by atoms with Gasteiger partial charge in [0.05, 0.1) is 0 Å². The summed E-state index contributed by atoms with van der Waals surface area (Å²) >= 11 is 0. The van der Waals surface area contributed by atoms with Crippen molar-refractivity contribution < 1.29 is 4.79 Å². The molecule has 0 amide bonds. The molecule has 3 atom stereocenters. The van der Waals surface area contributed by atoms with Gasteiger partial charge in [-0.05, 0) is 23.8 Å². The van der Waals surface area contributed by atoms with Gasteiger partial charge in [0.1, 0.15) is 6.29 Å². The quantitative estimate of drug-likeness (QED) is 0.666. The molecule has 14 heavy (non-hydrogen) atoms. The van der Waals surface area contributed by atoms with Crippen molar-refractivity contribution in [2.45, 2.75) is 26.2 Å². The normalized spacial score (nSPS) is 32.3. The highest BCUT2D eigenvalue weighted by Crippen LogP contribution is 2.57. The molecule has 0 aromatic heterocycles. The van der Waals surface area contributed by atoms with Crippen molar-refractivity contribution in [1.29, 1.82) is 0 Å². The highest BCUT2D eigenvalue weighted by atomic mass is 16.1. The Morgan fingerprint density at radius 2 is 2.07 bits per heavy atom. The molecule has 1 heteroatoms. The first kappa shape index (κ1) is 9.45. The minimum Gasteiger partial charge on any atom is -0.303 e. The van der Waals surface area contributed by atoms with E-state index in [9.17, 15) is 4.79 Å². The van der Waals surface area contributed by atoms with Gasteiger partial charge in [0, 0.05) is 5.41 Å². The molecule has 1 aromatic rings. The molecule has 1 aliphatic rings. The SMILES string of the molecule is C[C@@H](c1ccccc1)C1CC1(C)C=O. The third-order valence-corrected chi connectivity index (χ3v) is 3.54. The highest BCUT2D eigenvalue weighted by Gasteiger charge is 2.52. The molecule has 1 aliphatic carbocycles. The van der Waals surface area contributed by atoms with Gasteiger partial charge in [0.25, 0.3) is 0 Å². The van der Waals surface area contributed by atoms with Gasteiger partial charge in [-0.1, -0.05) is 44.2 Å². The van der Waals surface area contributed by atoms with E-state index in [-0.39, 0.29) is 5.41 Å². The predicted molar refractivity (Wildman–Crippen MR) is 57.1 cm³/mol. The number of carbonyl (C=O) groups excluding carboxylic acids is 1. The molecule has 0 spiro atoms. The van der Waals surface area contributed by atoms with Crippen molar-refractivity contribution in [1.82, 2.24) is 0 Å². The maximum absolute atomic E-state index is 10.8. The maximum atomic E-state index is 10.8. The van der Waals surface area contributed by atoms with Gasteiger partial charge in [-0.25, -0.2) is 0 Å². The summed E-state index contributed by atoms with van der Waals surface area (Å²) in [5.41, 5.74) is 1.30. The summed E-state index contributed by atoms with van der Waals surface area (Å²) in [6.45, 7) is 4.28. The lowest BCUT2D eigenvalue weighted by Crippen LogP contribution is -2.05. The molecule has 1 saturated carbocycles. The van der Waals surface area contributed by atoms with Crippen LogP contribution in [0.5, 0.6) is 0 Å². The van der Waals surface area contributed by atoms with E-state index < -0.39 is 0 Å². The van der Waals surface area contributed by atoms with E-state index in [1.807, 2.05) is 6.07 Å². The third-order valence-electron chi connectivity index (χ3n) is 3.54. The number of hydrogen-bond acceptors (Lipinski definition) is 1. The zero-order valence-corrected chi connectivity index (χ0v) is 8.73. The minimum absolute atomic E-state index is 0.0464. The minimum atomic E-state index is -0.0464. The predicted octanol–water partition coefficient (Wildman–Crippen LogP) is 3.02. The second-order valence-corrected chi connectivity index (χ2v) is 4.63. The van der Waals surface area contributed by atoms with Crippen LogP contribution in [0.3, 0.4) is 0 Å². The third kappa shape index (κ3) is 1.47. The molecular weight excluding hydrogens is 172 g/mol. The molecule has 2 rings (SSSR count). The fourth-order valence-corrected chi connectivity index (χ4v) is 2.29. The van der Waals surface area contributed by atoms with Crippen LogP contribution in [0.15, 0.2) is 30.3 Å². The first-order chi connectivity index (χ1) is 6.67. The van der Waals surface area contributed by atoms with Crippen LogP contribution in [0.25, 0.3) is 0 Å². The lowest BCUT2D eigenvalue weighted by Gasteiger charge is -2.12. The summed E-state index contributed by atoms with van der Waals surface area (Å²) in [6.07, 6.45) is 2.17. The second-order valence-electron chi connectivity index (χ2n) is 4.63. The van der Waals surface area contributed by atoms with Gasteiger partial charge < -0.3 is 4.79 Å². The van der Waals surface area contributed by atoms with Gasteiger partial charge in [-0.2, -0.15) is 0 Å². The van der Waals surface area contributed by atoms with Crippen LogP contribution in [0, 0.1) is 11.3 Å². The fraction of sp³-hybridized carbons (Fsp3) is 0.462.